The molecule has 2 aromatic carbocycles. The number of pyridine rings is 1. The van der Waals surface area contributed by atoms with Gasteiger partial charge in [0, 0.05) is 18.8 Å². The molecule has 1 heterocycles. The number of rotatable bonds is 3. The summed E-state index contributed by atoms with van der Waals surface area (Å²) < 4.78 is 14.9. The molecule has 178 valence electrons. The molecule has 1 aromatic heterocycles. The van der Waals surface area contributed by atoms with Crippen LogP contribution < -0.4 is 0 Å². The summed E-state index contributed by atoms with van der Waals surface area (Å²) in [5, 5.41) is 21.2. The number of aliphatic hydroxyl groups is 1. The second kappa shape index (κ2) is 8.57. The number of nitrogens with zero attached hydrogens (tertiary/aromatic N) is 2. The van der Waals surface area contributed by atoms with Crippen molar-refractivity contribution in [2.45, 2.75) is 57.0 Å². The molecule has 0 bridgehead atoms. The highest BCUT2D eigenvalue weighted by Gasteiger charge is 2.56. The van der Waals surface area contributed by atoms with Gasteiger partial charge in [0.05, 0.1) is 11.2 Å². The van der Waals surface area contributed by atoms with E-state index in [9.17, 15) is 14.8 Å². The van der Waals surface area contributed by atoms with Gasteiger partial charge in [-0.1, -0.05) is 43.3 Å². The molecule has 3 aromatic rings. The van der Waals surface area contributed by atoms with E-state index in [2.05, 4.69) is 42.2 Å². The molecule has 4 unspecified atom stereocenters. The molecule has 6 atom stereocenters. The van der Waals surface area contributed by atoms with Crippen LogP contribution in [0.5, 0.6) is 0 Å². The van der Waals surface area contributed by atoms with Gasteiger partial charge in [-0.25, -0.2) is 4.39 Å². The molecule has 4 heteroatoms. The van der Waals surface area contributed by atoms with E-state index in [-0.39, 0.29) is 17.3 Å². The van der Waals surface area contributed by atoms with Gasteiger partial charge in [0.1, 0.15) is 11.9 Å². The second-order valence-corrected chi connectivity index (χ2v) is 11.1. The van der Waals surface area contributed by atoms with Gasteiger partial charge in [0.25, 0.3) is 0 Å². The Morgan fingerprint density at radius 2 is 1.91 bits per heavy atom. The Morgan fingerprint density at radius 1 is 1.09 bits per heavy atom. The monoisotopic (exact) mass is 466 g/mol. The number of halogens is 1. The lowest BCUT2D eigenvalue weighted by Crippen LogP contribution is -2.47. The van der Waals surface area contributed by atoms with Gasteiger partial charge < -0.3 is 5.11 Å². The van der Waals surface area contributed by atoms with E-state index in [4.69, 9.17) is 0 Å². The summed E-state index contributed by atoms with van der Waals surface area (Å²) in [6.07, 6.45) is 8.83. The quantitative estimate of drug-likeness (QED) is 0.483. The van der Waals surface area contributed by atoms with Crippen LogP contribution in [0, 0.1) is 40.8 Å². The number of benzene rings is 2. The van der Waals surface area contributed by atoms with Crippen molar-refractivity contribution in [1.29, 1.82) is 5.26 Å². The second-order valence-electron chi connectivity index (χ2n) is 11.1. The van der Waals surface area contributed by atoms with E-state index in [1.54, 1.807) is 12.3 Å². The van der Waals surface area contributed by atoms with Crippen molar-refractivity contribution in [3.8, 4) is 17.2 Å². The fraction of sp³-hybridized carbons (Fsp3) is 0.419. The maximum Gasteiger partial charge on any atom is 0.144 e. The molecule has 3 nitrogen and oxygen atoms in total. The fourth-order valence-electron chi connectivity index (χ4n) is 7.93. The van der Waals surface area contributed by atoms with Gasteiger partial charge in [0.15, 0.2) is 0 Å². The molecule has 0 radical (unpaired) electrons. The van der Waals surface area contributed by atoms with Crippen molar-refractivity contribution < 1.29 is 9.50 Å². The molecular formula is C31H31FN2O. The molecule has 3 aliphatic carbocycles. The number of hydrogen-bond donors (Lipinski definition) is 1. The van der Waals surface area contributed by atoms with Gasteiger partial charge in [0.2, 0.25) is 0 Å². The minimum absolute atomic E-state index is 0.161. The summed E-state index contributed by atoms with van der Waals surface area (Å²) >= 11 is 0. The molecular weight excluding hydrogens is 435 g/mol. The zero-order chi connectivity index (χ0) is 24.2. The van der Waals surface area contributed by atoms with E-state index in [1.165, 1.54) is 5.56 Å². The van der Waals surface area contributed by atoms with Gasteiger partial charge in [-0.05, 0) is 102 Å². The Labute approximate surface area is 206 Å². The Morgan fingerprint density at radius 3 is 2.66 bits per heavy atom. The largest absolute Gasteiger partial charge is 0.389 e. The molecule has 0 saturated heterocycles. The first-order chi connectivity index (χ1) is 17.0. The van der Waals surface area contributed by atoms with E-state index in [0.717, 1.165) is 47.9 Å². The number of hydrogen-bond acceptors (Lipinski definition) is 3. The summed E-state index contributed by atoms with van der Waals surface area (Å²) in [4.78, 5) is 4.22. The van der Waals surface area contributed by atoms with Gasteiger partial charge in [-0.3, -0.25) is 4.98 Å². The predicted octanol–water partition coefficient (Wildman–Crippen LogP) is 6.45. The molecule has 0 aliphatic heterocycles. The lowest BCUT2D eigenvalue weighted by atomic mass is 9.56. The molecule has 3 aliphatic rings. The molecule has 0 amide bonds. The zero-order valence-electron chi connectivity index (χ0n) is 20.1. The van der Waals surface area contributed by atoms with Crippen molar-refractivity contribution in [3.05, 3.63) is 89.0 Å². The molecule has 2 fully saturated rings. The molecule has 35 heavy (non-hydrogen) atoms. The lowest BCUT2D eigenvalue weighted by Gasteiger charge is -2.50. The average molecular weight is 467 g/mol. The van der Waals surface area contributed by atoms with Crippen molar-refractivity contribution in [3.63, 3.8) is 0 Å². The topological polar surface area (TPSA) is 56.9 Å². The van der Waals surface area contributed by atoms with Crippen LogP contribution in [0.1, 0.15) is 60.8 Å². The van der Waals surface area contributed by atoms with E-state index in [0.29, 0.717) is 36.5 Å². The highest BCUT2D eigenvalue weighted by molar-refractivity contribution is 5.62. The number of fused-ring (bicyclic) bond motifs is 5. The fourth-order valence-corrected chi connectivity index (χ4v) is 7.93. The third-order valence-electron chi connectivity index (χ3n) is 9.28. The van der Waals surface area contributed by atoms with Gasteiger partial charge in [-0.15, -0.1) is 0 Å². The Bertz CT molecular complexity index is 1280. The average Bonchev–Trinajstić information content (AvgIpc) is 3.23. The van der Waals surface area contributed by atoms with Gasteiger partial charge in [-0.2, -0.15) is 5.26 Å². The third-order valence-corrected chi connectivity index (χ3v) is 9.28. The maximum absolute atomic E-state index is 14.9. The van der Waals surface area contributed by atoms with Crippen molar-refractivity contribution in [2.24, 2.45) is 23.7 Å². The zero-order valence-corrected chi connectivity index (χ0v) is 20.1. The summed E-state index contributed by atoms with van der Waals surface area (Å²) in [5.74, 6) is 1.61. The predicted molar refractivity (Wildman–Crippen MR) is 134 cm³/mol. The molecule has 0 spiro atoms. The minimum atomic E-state index is -0.693. The van der Waals surface area contributed by atoms with E-state index >= 15 is 0 Å². The van der Waals surface area contributed by atoms with Crippen LogP contribution in [0.25, 0.3) is 11.1 Å². The summed E-state index contributed by atoms with van der Waals surface area (Å²) in [6, 6.07) is 18.2. The highest BCUT2D eigenvalue weighted by Crippen LogP contribution is 2.60. The molecule has 2 saturated carbocycles. The first kappa shape index (κ1) is 22.4. The van der Waals surface area contributed by atoms with Crippen LogP contribution in [0.3, 0.4) is 0 Å². The maximum atomic E-state index is 14.9. The van der Waals surface area contributed by atoms with Crippen molar-refractivity contribution >= 4 is 0 Å². The van der Waals surface area contributed by atoms with Crippen LogP contribution in [-0.2, 0) is 12.8 Å². The summed E-state index contributed by atoms with van der Waals surface area (Å²) in [6.45, 7) is 2.28. The van der Waals surface area contributed by atoms with Crippen LogP contribution in [0.15, 0.2) is 60.9 Å². The molecule has 1 N–H and O–H groups in total. The Hall–Kier alpha value is -3.03. The van der Waals surface area contributed by atoms with Crippen molar-refractivity contribution in [1.82, 2.24) is 4.98 Å². The number of aromatic nitrogens is 1. The van der Waals surface area contributed by atoms with Crippen LogP contribution in [0.4, 0.5) is 4.39 Å². The lowest BCUT2D eigenvalue weighted by molar-refractivity contribution is -0.0604. The first-order valence-corrected chi connectivity index (χ1v) is 12.9. The number of nitriles is 1. The summed E-state index contributed by atoms with van der Waals surface area (Å²) in [5.41, 5.74) is 4.76. The third kappa shape index (κ3) is 3.69. The van der Waals surface area contributed by atoms with E-state index < -0.39 is 5.60 Å². The minimum Gasteiger partial charge on any atom is -0.389 e. The van der Waals surface area contributed by atoms with E-state index in [1.807, 2.05) is 24.4 Å². The first-order valence-electron chi connectivity index (χ1n) is 12.9. The highest BCUT2D eigenvalue weighted by atomic mass is 19.1. The van der Waals surface area contributed by atoms with Crippen LogP contribution in [-0.4, -0.2) is 15.7 Å². The Kier molecular flexibility index (Phi) is 5.49. The van der Waals surface area contributed by atoms with Crippen LogP contribution in [0.2, 0.25) is 0 Å². The SMILES string of the molecule is C[C@@H]1CC2c3ccc(C#N)c(F)c3CCC2C2CC[C@@](O)(Cc3ccc(-c4cccnc4)cc3)C21. The van der Waals surface area contributed by atoms with Crippen LogP contribution >= 0.6 is 0 Å². The van der Waals surface area contributed by atoms with Crippen molar-refractivity contribution in [2.75, 3.05) is 0 Å². The standard InChI is InChI=1S/C31H31FN2O/c1-19-15-28-24(10-11-27-25(28)9-8-22(17-33)30(27)32)26-12-13-31(35,29(19)26)16-20-4-6-21(7-5-20)23-3-2-14-34-18-23/h2-9,14,18-19,24,26,28-29,35H,10-13,15-16H2,1H3/t19-,24?,26?,28?,29?,31-/m1/s1. The summed E-state index contributed by atoms with van der Waals surface area (Å²) in [7, 11) is 0. The normalized spacial score (nSPS) is 31.2. The molecule has 6 rings (SSSR count). The van der Waals surface area contributed by atoms with Gasteiger partial charge >= 0.3 is 0 Å². The smallest absolute Gasteiger partial charge is 0.144 e. The Balaban J connectivity index is 1.24.